The highest BCUT2D eigenvalue weighted by Gasteiger charge is 2.31. The van der Waals surface area contributed by atoms with Gasteiger partial charge in [0.15, 0.2) is 22.6 Å². The molecule has 4 aromatic heterocycles. The lowest BCUT2D eigenvalue weighted by Gasteiger charge is -2.28. The number of fused-ring (bicyclic) bond motifs is 2. The van der Waals surface area contributed by atoms with Crippen LogP contribution >= 0.6 is 22.7 Å². The molecule has 0 fully saturated rings. The van der Waals surface area contributed by atoms with Crippen LogP contribution in [0.5, 0.6) is 0 Å². The Bertz CT molecular complexity index is 2930. The number of para-hydroxylation sites is 1. The van der Waals surface area contributed by atoms with Gasteiger partial charge in [0, 0.05) is 16.7 Å². The maximum Gasteiger partial charge on any atom is 0.213 e. The average molecular weight is 828 g/mol. The summed E-state index contributed by atoms with van der Waals surface area (Å²) in [5, 5.41) is 41.4. The van der Waals surface area contributed by atoms with E-state index in [1.54, 1.807) is 16.0 Å². The minimum atomic E-state index is -0.488. The second kappa shape index (κ2) is 15.6. The van der Waals surface area contributed by atoms with Gasteiger partial charge in [0.25, 0.3) is 0 Å². The van der Waals surface area contributed by atoms with E-state index < -0.39 is 5.41 Å². The third-order valence-corrected chi connectivity index (χ3v) is 12.7. The maximum atomic E-state index is 11.1. The number of anilines is 5. The van der Waals surface area contributed by atoms with Crippen LogP contribution < -0.4 is 10.2 Å². The predicted molar refractivity (Wildman–Crippen MR) is 244 cm³/mol. The van der Waals surface area contributed by atoms with Crippen molar-refractivity contribution in [2.24, 2.45) is 10.2 Å². The van der Waals surface area contributed by atoms with E-state index >= 15 is 0 Å². The summed E-state index contributed by atoms with van der Waals surface area (Å²) in [5.74, 6) is 1.07. The molecule has 8 rings (SSSR count). The number of hydrogen-bond acceptors (Lipinski definition) is 12. The van der Waals surface area contributed by atoms with Crippen molar-refractivity contribution in [1.29, 1.82) is 10.5 Å². The van der Waals surface area contributed by atoms with Crippen LogP contribution in [0.4, 0.5) is 39.6 Å². The number of hydrogen-bond donors (Lipinski definition) is 1. The monoisotopic (exact) mass is 827 g/mol. The molecule has 0 amide bonds. The number of aryl methyl sites for hydroxylation is 7. The van der Waals surface area contributed by atoms with Crippen molar-refractivity contribution in [3.05, 3.63) is 121 Å². The fourth-order valence-electron chi connectivity index (χ4n) is 7.97. The number of nitriles is 2. The Kier molecular flexibility index (Phi) is 10.4. The van der Waals surface area contributed by atoms with Crippen LogP contribution in [0.25, 0.3) is 21.4 Å². The van der Waals surface area contributed by atoms with Crippen LogP contribution in [0.1, 0.15) is 93.5 Å². The van der Waals surface area contributed by atoms with Crippen molar-refractivity contribution in [3.63, 3.8) is 0 Å². The topological polar surface area (TPSA) is 144 Å². The van der Waals surface area contributed by atoms with Gasteiger partial charge in [-0.2, -0.15) is 20.3 Å². The highest BCUT2D eigenvalue weighted by molar-refractivity contribution is 7.20. The molecule has 3 aromatic carbocycles. The van der Waals surface area contributed by atoms with E-state index in [1.165, 1.54) is 11.3 Å². The molecular formula is C47H45N11S2. The Morgan fingerprint density at radius 1 is 0.817 bits per heavy atom. The molecule has 0 bridgehead atoms. The summed E-state index contributed by atoms with van der Waals surface area (Å²) in [4.78, 5) is 18.6. The van der Waals surface area contributed by atoms with E-state index in [2.05, 4.69) is 95.4 Å². The number of pyridine rings is 1. The van der Waals surface area contributed by atoms with E-state index in [0.717, 1.165) is 83.5 Å². The fourth-order valence-corrected chi connectivity index (χ4v) is 9.94. The minimum absolute atomic E-state index is 0.242. The third kappa shape index (κ3) is 7.25. The molecule has 60 heavy (non-hydrogen) atoms. The van der Waals surface area contributed by atoms with Crippen LogP contribution in [-0.4, -0.2) is 24.7 Å². The number of nitrogens with zero attached hydrogens (tertiary/aromatic N) is 10. The van der Waals surface area contributed by atoms with Crippen LogP contribution in [0, 0.1) is 71.1 Å². The largest absolute Gasteiger partial charge is 0.338 e. The zero-order valence-electron chi connectivity index (χ0n) is 35.5. The highest BCUT2D eigenvalue weighted by atomic mass is 32.1. The van der Waals surface area contributed by atoms with Crippen molar-refractivity contribution in [2.45, 2.75) is 87.5 Å². The molecule has 7 aromatic rings. The van der Waals surface area contributed by atoms with Crippen LogP contribution in [0.2, 0.25) is 0 Å². The molecule has 0 aliphatic heterocycles. The summed E-state index contributed by atoms with van der Waals surface area (Å²) in [6, 6.07) is 21.3. The molecular weight excluding hydrogens is 783 g/mol. The fraction of sp³-hybridized carbons (Fsp3) is 0.277. The molecule has 0 saturated carbocycles. The average Bonchev–Trinajstić information content (AvgIpc) is 3.92. The summed E-state index contributed by atoms with van der Waals surface area (Å²) in [6.45, 7) is 20.4. The Balaban J connectivity index is 1.40. The van der Waals surface area contributed by atoms with Gasteiger partial charge in [-0.05, 0) is 102 Å². The van der Waals surface area contributed by atoms with E-state index in [9.17, 15) is 10.5 Å². The lowest BCUT2D eigenvalue weighted by Crippen LogP contribution is -2.17. The normalized spacial score (nSPS) is 12.5. The zero-order chi connectivity index (χ0) is 42.6. The Hall–Kier alpha value is -6.54. The molecule has 0 unspecified atom stereocenters. The Morgan fingerprint density at radius 2 is 1.48 bits per heavy atom. The highest BCUT2D eigenvalue weighted by Crippen LogP contribution is 2.47. The summed E-state index contributed by atoms with van der Waals surface area (Å²) >= 11 is 3.05. The summed E-state index contributed by atoms with van der Waals surface area (Å²) in [5.41, 5.74) is 11.6. The molecule has 13 heteroatoms. The van der Waals surface area contributed by atoms with E-state index in [0.29, 0.717) is 44.8 Å². The standard InChI is InChI=1S/C47H45N11S2/c1-25-19-27(3)38(28(4)20-25)52-42-39(54-55-44-33(24-49)41(47(8,9)10)56-58(44)46-51-35-16-12-14-18-37(35)60-46)31(7)32(23-48)43(53-42)57(40-29(5)21-26(2)22-30(40)6)45-50-34-15-11-13-17-36(34)59-45/h12-14,16-22H,11,15H2,1-10H3,(H,52,53). The number of benzene rings is 3. The first-order chi connectivity index (χ1) is 28.7. The van der Waals surface area contributed by atoms with Crippen molar-refractivity contribution >= 4 is 78.6 Å². The van der Waals surface area contributed by atoms with Gasteiger partial charge < -0.3 is 5.32 Å². The number of aromatic nitrogens is 5. The molecule has 300 valence electrons. The molecule has 1 aliphatic carbocycles. The zero-order valence-corrected chi connectivity index (χ0v) is 37.1. The van der Waals surface area contributed by atoms with Crippen molar-refractivity contribution in [1.82, 2.24) is 24.7 Å². The van der Waals surface area contributed by atoms with Gasteiger partial charge in [-0.15, -0.1) is 10.2 Å². The molecule has 0 spiro atoms. The van der Waals surface area contributed by atoms with Gasteiger partial charge in [-0.25, -0.2) is 15.0 Å². The number of thiazole rings is 2. The molecule has 0 atom stereocenters. The van der Waals surface area contributed by atoms with Crippen LogP contribution in [-0.2, 0) is 11.8 Å². The first kappa shape index (κ1) is 40.2. The number of allylic oxidation sites excluding steroid dienone is 1. The van der Waals surface area contributed by atoms with Crippen molar-refractivity contribution in [3.8, 4) is 17.3 Å². The molecule has 4 heterocycles. The summed E-state index contributed by atoms with van der Waals surface area (Å²) < 4.78 is 2.59. The van der Waals surface area contributed by atoms with E-state index in [4.69, 9.17) is 30.3 Å². The second-order valence-electron chi connectivity index (χ2n) is 16.5. The summed E-state index contributed by atoms with van der Waals surface area (Å²) in [7, 11) is 0. The first-order valence-electron chi connectivity index (χ1n) is 19.8. The van der Waals surface area contributed by atoms with E-state index in [-0.39, 0.29) is 5.82 Å². The summed E-state index contributed by atoms with van der Waals surface area (Å²) in [6.07, 6.45) is 6.08. The number of rotatable bonds is 8. The lowest BCUT2D eigenvalue weighted by molar-refractivity contribution is 0.559. The molecule has 1 N–H and O–H groups in total. The smallest absolute Gasteiger partial charge is 0.213 e. The van der Waals surface area contributed by atoms with Gasteiger partial charge in [-0.3, -0.25) is 4.90 Å². The lowest BCUT2D eigenvalue weighted by atomic mass is 9.90. The van der Waals surface area contributed by atoms with Gasteiger partial charge in [0.1, 0.15) is 29.0 Å². The minimum Gasteiger partial charge on any atom is -0.338 e. The van der Waals surface area contributed by atoms with Crippen molar-refractivity contribution < 1.29 is 0 Å². The van der Waals surface area contributed by atoms with Gasteiger partial charge in [-0.1, -0.05) is 97.0 Å². The van der Waals surface area contributed by atoms with Crippen LogP contribution in [0.3, 0.4) is 0 Å². The Labute approximate surface area is 358 Å². The van der Waals surface area contributed by atoms with Gasteiger partial charge in [0.05, 0.1) is 32.2 Å². The third-order valence-electron chi connectivity index (χ3n) is 10.6. The number of azo groups is 1. The van der Waals surface area contributed by atoms with Crippen molar-refractivity contribution in [2.75, 3.05) is 10.2 Å². The van der Waals surface area contributed by atoms with Gasteiger partial charge >= 0.3 is 0 Å². The molecule has 11 nitrogen and oxygen atoms in total. The molecule has 0 saturated heterocycles. The van der Waals surface area contributed by atoms with Crippen LogP contribution in [0.15, 0.2) is 64.8 Å². The number of nitrogens with one attached hydrogen (secondary N) is 1. The first-order valence-corrected chi connectivity index (χ1v) is 21.4. The Morgan fingerprint density at radius 3 is 2.12 bits per heavy atom. The SMILES string of the molecule is Cc1cc(C)c(Nc2nc(N(c3nc4c(s3)C=CCC4)c3c(C)cc(C)cc3C)c(C#N)c(C)c2N=Nc2c(C#N)c(C(C)(C)C)nn2-c2nc3ccccc3s2)c(C)c1. The predicted octanol–water partition coefficient (Wildman–Crippen LogP) is 13.1. The molecule has 1 aliphatic rings. The molecule has 0 radical (unpaired) electrons. The maximum absolute atomic E-state index is 11.1. The quantitative estimate of drug-likeness (QED) is 0.149. The van der Waals surface area contributed by atoms with Gasteiger partial charge in [0.2, 0.25) is 5.13 Å². The van der Waals surface area contributed by atoms with E-state index in [1.807, 2.05) is 56.9 Å². The second-order valence-corrected chi connectivity index (χ2v) is 18.5.